The Morgan fingerprint density at radius 1 is 1.37 bits per heavy atom. The van der Waals surface area contributed by atoms with Crippen LogP contribution in [0.1, 0.15) is 13.3 Å². The molecule has 1 aliphatic heterocycles. The van der Waals surface area contributed by atoms with Crippen molar-refractivity contribution in [1.82, 2.24) is 10.6 Å². The van der Waals surface area contributed by atoms with E-state index in [2.05, 4.69) is 10.6 Å². The van der Waals surface area contributed by atoms with Gasteiger partial charge in [0, 0.05) is 26.1 Å². The molecule has 0 spiro atoms. The molecule has 104 valence electrons. The second kappa shape index (κ2) is 6.99. The van der Waals surface area contributed by atoms with Crippen molar-refractivity contribution in [3.05, 3.63) is 24.3 Å². The first-order valence-corrected chi connectivity index (χ1v) is 6.65. The largest absolute Gasteiger partial charge is 0.486 e. The van der Waals surface area contributed by atoms with Crippen LogP contribution in [0.2, 0.25) is 0 Å². The fourth-order valence-corrected chi connectivity index (χ4v) is 1.91. The van der Waals surface area contributed by atoms with Crippen LogP contribution in [0.15, 0.2) is 24.3 Å². The predicted molar refractivity (Wildman–Crippen MR) is 72.5 cm³/mol. The summed E-state index contributed by atoms with van der Waals surface area (Å²) in [5.74, 6) is 1.64. The van der Waals surface area contributed by atoms with E-state index in [4.69, 9.17) is 9.47 Å². The summed E-state index contributed by atoms with van der Waals surface area (Å²) in [5.41, 5.74) is 0. The standard InChI is InChI=1S/C14H20N2O3/c1-2-16-14(17)7-8-15-9-11-10-18-12-5-3-4-6-13(12)19-11/h3-6,11,15H,2,7-10H2,1H3,(H,16,17). The minimum absolute atomic E-state index is 0.0101. The van der Waals surface area contributed by atoms with Gasteiger partial charge in [0.25, 0.3) is 0 Å². The van der Waals surface area contributed by atoms with Crippen molar-refractivity contribution in [3.8, 4) is 11.5 Å². The van der Waals surface area contributed by atoms with Gasteiger partial charge in [0.2, 0.25) is 5.91 Å². The number of hydrogen-bond acceptors (Lipinski definition) is 4. The van der Waals surface area contributed by atoms with Crippen LogP contribution < -0.4 is 20.1 Å². The number of ether oxygens (including phenoxy) is 2. The van der Waals surface area contributed by atoms with Crippen molar-refractivity contribution in [2.75, 3.05) is 26.2 Å². The van der Waals surface area contributed by atoms with Crippen molar-refractivity contribution in [3.63, 3.8) is 0 Å². The molecule has 5 heteroatoms. The third kappa shape index (κ3) is 4.13. The highest BCUT2D eigenvalue weighted by molar-refractivity contribution is 5.75. The molecule has 2 N–H and O–H groups in total. The van der Waals surface area contributed by atoms with Crippen LogP contribution in [0.25, 0.3) is 0 Å². The van der Waals surface area contributed by atoms with E-state index in [1.165, 1.54) is 0 Å². The number of nitrogens with one attached hydrogen (secondary N) is 2. The van der Waals surface area contributed by atoms with Gasteiger partial charge in [-0.1, -0.05) is 12.1 Å². The molecule has 2 rings (SSSR count). The van der Waals surface area contributed by atoms with Gasteiger partial charge in [-0.15, -0.1) is 0 Å². The fourth-order valence-electron chi connectivity index (χ4n) is 1.91. The molecule has 1 aromatic carbocycles. The Morgan fingerprint density at radius 3 is 2.95 bits per heavy atom. The first-order valence-electron chi connectivity index (χ1n) is 6.65. The van der Waals surface area contributed by atoms with Crippen molar-refractivity contribution >= 4 is 5.91 Å². The molecule has 1 unspecified atom stereocenters. The maximum atomic E-state index is 11.3. The molecule has 1 aliphatic rings. The van der Waals surface area contributed by atoms with Crippen LogP contribution in [0.5, 0.6) is 11.5 Å². The summed E-state index contributed by atoms with van der Waals surface area (Å²) in [4.78, 5) is 11.3. The van der Waals surface area contributed by atoms with Crippen molar-refractivity contribution < 1.29 is 14.3 Å². The first-order chi connectivity index (χ1) is 9.29. The molecule has 0 fully saturated rings. The van der Waals surface area contributed by atoms with Gasteiger partial charge in [-0.2, -0.15) is 0 Å². The second-order valence-corrected chi connectivity index (χ2v) is 4.41. The summed E-state index contributed by atoms with van der Waals surface area (Å²) < 4.78 is 11.4. The number of amides is 1. The molecule has 1 atom stereocenters. The maximum absolute atomic E-state index is 11.3. The minimum Gasteiger partial charge on any atom is -0.486 e. The van der Waals surface area contributed by atoms with Crippen molar-refractivity contribution in [2.24, 2.45) is 0 Å². The molecule has 1 amide bonds. The third-order valence-corrected chi connectivity index (χ3v) is 2.84. The van der Waals surface area contributed by atoms with E-state index in [0.717, 1.165) is 11.5 Å². The van der Waals surface area contributed by atoms with Gasteiger partial charge >= 0.3 is 0 Å². The van der Waals surface area contributed by atoms with Crippen molar-refractivity contribution in [2.45, 2.75) is 19.4 Å². The minimum atomic E-state index is -0.0101. The highest BCUT2D eigenvalue weighted by Crippen LogP contribution is 2.30. The summed E-state index contributed by atoms with van der Waals surface area (Å²) in [6.45, 7) is 4.44. The van der Waals surface area contributed by atoms with E-state index in [1.807, 2.05) is 31.2 Å². The molecule has 0 radical (unpaired) electrons. The fraction of sp³-hybridized carbons (Fsp3) is 0.500. The smallest absolute Gasteiger partial charge is 0.221 e. The lowest BCUT2D eigenvalue weighted by Gasteiger charge is -2.26. The molecule has 1 aromatic rings. The Balaban J connectivity index is 1.67. The molecule has 1 heterocycles. The first kappa shape index (κ1) is 13.7. The quantitative estimate of drug-likeness (QED) is 0.751. The number of carbonyl (C=O) groups is 1. The van der Waals surface area contributed by atoms with Crippen LogP contribution in [0.3, 0.4) is 0 Å². The van der Waals surface area contributed by atoms with E-state index in [-0.39, 0.29) is 12.0 Å². The van der Waals surface area contributed by atoms with Gasteiger partial charge in [0.05, 0.1) is 0 Å². The topological polar surface area (TPSA) is 59.6 Å². The summed E-state index contributed by atoms with van der Waals surface area (Å²) >= 11 is 0. The number of benzene rings is 1. The lowest BCUT2D eigenvalue weighted by Crippen LogP contribution is -2.39. The van der Waals surface area contributed by atoms with Gasteiger partial charge in [0.15, 0.2) is 11.5 Å². The Labute approximate surface area is 113 Å². The zero-order chi connectivity index (χ0) is 13.5. The molecule has 0 bridgehead atoms. The average molecular weight is 264 g/mol. The number of carbonyl (C=O) groups excluding carboxylic acids is 1. The Bertz CT molecular complexity index is 423. The van der Waals surface area contributed by atoms with E-state index >= 15 is 0 Å². The zero-order valence-electron chi connectivity index (χ0n) is 11.1. The van der Waals surface area contributed by atoms with Crippen LogP contribution >= 0.6 is 0 Å². The van der Waals surface area contributed by atoms with E-state index in [0.29, 0.717) is 32.7 Å². The van der Waals surface area contributed by atoms with E-state index < -0.39 is 0 Å². The van der Waals surface area contributed by atoms with Gasteiger partial charge < -0.3 is 20.1 Å². The molecule has 19 heavy (non-hydrogen) atoms. The lowest BCUT2D eigenvalue weighted by atomic mass is 10.2. The molecule has 0 aliphatic carbocycles. The molecule has 0 saturated heterocycles. The Morgan fingerprint density at radius 2 is 2.16 bits per heavy atom. The molecule has 0 saturated carbocycles. The SMILES string of the molecule is CCNC(=O)CCNCC1COc2ccccc2O1. The summed E-state index contributed by atoms with van der Waals surface area (Å²) in [7, 11) is 0. The monoisotopic (exact) mass is 264 g/mol. The third-order valence-electron chi connectivity index (χ3n) is 2.84. The summed E-state index contributed by atoms with van der Waals surface area (Å²) in [6.07, 6.45) is 0.474. The summed E-state index contributed by atoms with van der Waals surface area (Å²) in [5, 5.41) is 5.97. The number of hydrogen-bond donors (Lipinski definition) is 2. The Kier molecular flexibility index (Phi) is 5.03. The highest BCUT2D eigenvalue weighted by Gasteiger charge is 2.19. The number of para-hydroxylation sites is 2. The normalized spacial score (nSPS) is 17.0. The molecule has 5 nitrogen and oxygen atoms in total. The van der Waals surface area contributed by atoms with Crippen LogP contribution in [0.4, 0.5) is 0 Å². The van der Waals surface area contributed by atoms with E-state index in [1.54, 1.807) is 0 Å². The molecule has 0 aromatic heterocycles. The molecular weight excluding hydrogens is 244 g/mol. The lowest BCUT2D eigenvalue weighted by molar-refractivity contribution is -0.120. The van der Waals surface area contributed by atoms with Gasteiger partial charge in [-0.05, 0) is 19.1 Å². The van der Waals surface area contributed by atoms with Crippen molar-refractivity contribution in [1.29, 1.82) is 0 Å². The van der Waals surface area contributed by atoms with Crippen LogP contribution in [-0.2, 0) is 4.79 Å². The number of rotatable bonds is 6. The number of fused-ring (bicyclic) bond motifs is 1. The summed E-state index contributed by atoms with van der Waals surface area (Å²) in [6, 6.07) is 7.64. The maximum Gasteiger partial charge on any atom is 0.221 e. The average Bonchev–Trinajstić information content (AvgIpc) is 2.44. The van der Waals surface area contributed by atoms with Gasteiger partial charge in [0.1, 0.15) is 12.7 Å². The second-order valence-electron chi connectivity index (χ2n) is 4.41. The zero-order valence-corrected chi connectivity index (χ0v) is 11.1. The van der Waals surface area contributed by atoms with Gasteiger partial charge in [-0.3, -0.25) is 4.79 Å². The van der Waals surface area contributed by atoms with E-state index in [9.17, 15) is 4.79 Å². The Hall–Kier alpha value is -1.75. The van der Waals surface area contributed by atoms with Crippen LogP contribution in [-0.4, -0.2) is 38.3 Å². The predicted octanol–water partition coefficient (Wildman–Crippen LogP) is 0.942. The van der Waals surface area contributed by atoms with Gasteiger partial charge in [-0.25, -0.2) is 0 Å². The molecular formula is C14H20N2O3. The highest BCUT2D eigenvalue weighted by atomic mass is 16.6. The van der Waals surface area contributed by atoms with Crippen LogP contribution in [0, 0.1) is 0 Å².